The fraction of sp³-hybridized carbons (Fsp3) is 0.333. The zero-order valence-corrected chi connectivity index (χ0v) is 6.61. The number of halogens is 2. The van der Waals surface area contributed by atoms with Gasteiger partial charge in [0.15, 0.2) is 0 Å². The van der Waals surface area contributed by atoms with Crippen LogP contribution in [0.2, 0.25) is 0 Å². The Morgan fingerprint density at radius 3 is 2.45 bits per heavy atom. The van der Waals surface area contributed by atoms with Gasteiger partial charge in [0.25, 0.3) is 0 Å². The Kier molecular flexibility index (Phi) is 5.35. The third-order valence-electron chi connectivity index (χ3n) is 1.03. The molecule has 0 spiro atoms. The van der Waals surface area contributed by atoms with E-state index in [0.717, 1.165) is 12.5 Å². The molecule has 0 rings (SSSR count). The average molecular weight is 158 g/mol. The lowest BCUT2D eigenvalue weighted by atomic mass is 10.3. The van der Waals surface area contributed by atoms with E-state index in [2.05, 4.69) is 6.58 Å². The van der Waals surface area contributed by atoms with E-state index in [1.54, 1.807) is 6.08 Å². The molecular weight excluding hydrogens is 146 g/mol. The van der Waals surface area contributed by atoms with Crippen molar-refractivity contribution in [2.45, 2.75) is 19.8 Å². The third kappa shape index (κ3) is 6.97. The Morgan fingerprint density at radius 2 is 2.00 bits per heavy atom. The molecule has 0 atom stereocenters. The van der Waals surface area contributed by atoms with E-state index in [9.17, 15) is 8.78 Å². The minimum Gasteiger partial charge on any atom is -0.211 e. The number of rotatable bonds is 4. The predicted octanol–water partition coefficient (Wildman–Crippen LogP) is 3.68. The summed E-state index contributed by atoms with van der Waals surface area (Å²) < 4.78 is 24.4. The van der Waals surface area contributed by atoms with Gasteiger partial charge in [-0.05, 0) is 6.42 Å². The first-order valence-electron chi connectivity index (χ1n) is 3.52. The maximum absolute atomic E-state index is 12.5. The second-order valence-corrected chi connectivity index (χ2v) is 2.12. The fourth-order valence-electron chi connectivity index (χ4n) is 0.591. The Hall–Kier alpha value is -0.920. The average Bonchev–Trinajstić information content (AvgIpc) is 1.86. The van der Waals surface area contributed by atoms with E-state index in [4.69, 9.17) is 0 Å². The zero-order chi connectivity index (χ0) is 8.69. The molecule has 0 amide bonds. The van der Waals surface area contributed by atoms with E-state index < -0.39 is 11.7 Å². The van der Waals surface area contributed by atoms with Crippen LogP contribution in [0.1, 0.15) is 19.8 Å². The lowest BCUT2D eigenvalue weighted by Gasteiger charge is -1.88. The molecule has 0 aromatic carbocycles. The molecule has 62 valence electrons. The van der Waals surface area contributed by atoms with Gasteiger partial charge in [0.2, 0.25) is 0 Å². The van der Waals surface area contributed by atoms with Gasteiger partial charge in [-0.25, -0.2) is 8.78 Å². The van der Waals surface area contributed by atoms with Gasteiger partial charge in [-0.1, -0.05) is 25.7 Å². The Morgan fingerprint density at radius 1 is 1.36 bits per heavy atom. The molecule has 0 bridgehead atoms. The second-order valence-electron chi connectivity index (χ2n) is 2.12. The lowest BCUT2D eigenvalue weighted by Crippen LogP contribution is -1.71. The first kappa shape index (κ1) is 10.1. The molecular formula is C9H12F2. The van der Waals surface area contributed by atoms with Crippen molar-refractivity contribution in [2.24, 2.45) is 0 Å². The van der Waals surface area contributed by atoms with Crippen LogP contribution in [-0.4, -0.2) is 0 Å². The van der Waals surface area contributed by atoms with Gasteiger partial charge in [0.05, 0.1) is 0 Å². The normalized spacial score (nSPS) is 12.5. The standard InChI is InChI=1S/C9H12F2/c1-3-4-5-6-9(11)7-8(2)10/h4-5,7H,2-3,6H2,1H3/b5-4?,9-7+. The number of hydrogen-bond acceptors (Lipinski definition) is 0. The quantitative estimate of drug-likeness (QED) is 0.432. The van der Waals surface area contributed by atoms with Gasteiger partial charge in [-0.2, -0.15) is 0 Å². The Bertz CT molecular complexity index is 178. The van der Waals surface area contributed by atoms with Gasteiger partial charge in [0, 0.05) is 12.5 Å². The molecule has 0 aromatic rings. The highest BCUT2D eigenvalue weighted by molar-refractivity contribution is 5.12. The van der Waals surface area contributed by atoms with Crippen molar-refractivity contribution in [3.63, 3.8) is 0 Å². The topological polar surface area (TPSA) is 0 Å². The summed E-state index contributed by atoms with van der Waals surface area (Å²) in [6.45, 7) is 4.87. The van der Waals surface area contributed by atoms with E-state index in [0.29, 0.717) is 0 Å². The number of allylic oxidation sites excluding steroid dienone is 5. The molecule has 0 aromatic heterocycles. The van der Waals surface area contributed by atoms with Crippen LogP contribution in [0.25, 0.3) is 0 Å². The Labute approximate surface area is 65.9 Å². The summed E-state index contributed by atoms with van der Waals surface area (Å²) >= 11 is 0. The molecule has 0 aliphatic carbocycles. The van der Waals surface area contributed by atoms with Crippen molar-refractivity contribution in [3.05, 3.63) is 36.5 Å². The SMILES string of the molecule is C=C(F)/C=C(/F)CC=CCC. The Balaban J connectivity index is 3.77. The molecule has 0 N–H and O–H groups in total. The van der Waals surface area contributed by atoms with Crippen LogP contribution in [0, 0.1) is 0 Å². The molecule has 0 saturated carbocycles. The largest absolute Gasteiger partial charge is 0.211 e. The fourth-order valence-corrected chi connectivity index (χ4v) is 0.591. The van der Waals surface area contributed by atoms with Crippen LogP contribution in [-0.2, 0) is 0 Å². The summed E-state index contributed by atoms with van der Waals surface area (Å²) in [6, 6.07) is 0. The summed E-state index contributed by atoms with van der Waals surface area (Å²) in [7, 11) is 0. The highest BCUT2D eigenvalue weighted by atomic mass is 19.1. The van der Waals surface area contributed by atoms with Crippen LogP contribution in [0.3, 0.4) is 0 Å². The van der Waals surface area contributed by atoms with Gasteiger partial charge < -0.3 is 0 Å². The van der Waals surface area contributed by atoms with Crippen LogP contribution >= 0.6 is 0 Å². The molecule has 0 nitrogen and oxygen atoms in total. The molecule has 0 aliphatic rings. The van der Waals surface area contributed by atoms with Crippen LogP contribution in [0.4, 0.5) is 8.78 Å². The third-order valence-corrected chi connectivity index (χ3v) is 1.03. The molecule has 11 heavy (non-hydrogen) atoms. The zero-order valence-electron chi connectivity index (χ0n) is 6.61. The monoisotopic (exact) mass is 158 g/mol. The summed E-state index contributed by atoms with van der Waals surface area (Å²) in [5.74, 6) is -1.24. The summed E-state index contributed by atoms with van der Waals surface area (Å²) in [6.07, 6.45) is 5.30. The molecule has 0 radical (unpaired) electrons. The van der Waals surface area contributed by atoms with Crippen molar-refractivity contribution in [3.8, 4) is 0 Å². The first-order chi connectivity index (χ1) is 5.16. The van der Waals surface area contributed by atoms with Gasteiger partial charge in [-0.15, -0.1) is 0 Å². The van der Waals surface area contributed by atoms with E-state index in [1.165, 1.54) is 0 Å². The highest BCUT2D eigenvalue weighted by Crippen LogP contribution is 2.08. The molecule has 0 fully saturated rings. The molecule has 0 unspecified atom stereocenters. The van der Waals surface area contributed by atoms with Crippen LogP contribution in [0.15, 0.2) is 36.5 Å². The smallest absolute Gasteiger partial charge is 0.118 e. The first-order valence-corrected chi connectivity index (χ1v) is 3.52. The molecule has 0 aliphatic heterocycles. The van der Waals surface area contributed by atoms with Crippen molar-refractivity contribution in [1.29, 1.82) is 0 Å². The van der Waals surface area contributed by atoms with E-state index in [-0.39, 0.29) is 6.42 Å². The van der Waals surface area contributed by atoms with Gasteiger partial charge in [-0.3, -0.25) is 0 Å². The van der Waals surface area contributed by atoms with E-state index in [1.807, 2.05) is 13.0 Å². The summed E-state index contributed by atoms with van der Waals surface area (Å²) in [5.41, 5.74) is 0. The predicted molar refractivity (Wildman–Crippen MR) is 43.5 cm³/mol. The maximum atomic E-state index is 12.5. The maximum Gasteiger partial charge on any atom is 0.118 e. The van der Waals surface area contributed by atoms with E-state index >= 15 is 0 Å². The molecule has 0 heterocycles. The summed E-state index contributed by atoms with van der Waals surface area (Å²) in [5, 5.41) is 0. The summed E-state index contributed by atoms with van der Waals surface area (Å²) in [4.78, 5) is 0. The van der Waals surface area contributed by atoms with Crippen LogP contribution < -0.4 is 0 Å². The molecule has 0 saturated heterocycles. The molecule has 2 heteroatoms. The van der Waals surface area contributed by atoms with Gasteiger partial charge in [0.1, 0.15) is 11.7 Å². The van der Waals surface area contributed by atoms with Crippen molar-refractivity contribution in [2.75, 3.05) is 0 Å². The lowest BCUT2D eigenvalue weighted by molar-refractivity contribution is 0.599. The highest BCUT2D eigenvalue weighted by Gasteiger charge is 1.91. The van der Waals surface area contributed by atoms with Crippen molar-refractivity contribution >= 4 is 0 Å². The minimum absolute atomic E-state index is 0.150. The minimum atomic E-state index is -0.743. The van der Waals surface area contributed by atoms with Crippen LogP contribution in [0.5, 0.6) is 0 Å². The van der Waals surface area contributed by atoms with Crippen molar-refractivity contribution < 1.29 is 8.78 Å². The second kappa shape index (κ2) is 5.83. The van der Waals surface area contributed by atoms with Crippen molar-refractivity contribution in [1.82, 2.24) is 0 Å². The number of hydrogen-bond donors (Lipinski definition) is 0. The van der Waals surface area contributed by atoms with Gasteiger partial charge >= 0.3 is 0 Å².